The summed E-state index contributed by atoms with van der Waals surface area (Å²) in [6.45, 7) is 1.88. The van der Waals surface area contributed by atoms with Crippen molar-refractivity contribution in [2.75, 3.05) is 0 Å². The molecule has 1 aromatic heterocycles. The van der Waals surface area contributed by atoms with E-state index in [0.29, 0.717) is 11.1 Å². The molecule has 0 radical (unpaired) electrons. The summed E-state index contributed by atoms with van der Waals surface area (Å²) in [5, 5.41) is 1.86. The molecule has 0 N–H and O–H groups in total. The Kier molecular flexibility index (Phi) is 3.21. The van der Waals surface area contributed by atoms with Crippen molar-refractivity contribution >= 4 is 33.0 Å². The molecule has 2 rings (SSSR count). The van der Waals surface area contributed by atoms with Gasteiger partial charge in [0.1, 0.15) is 5.82 Å². The third-order valence-corrected chi connectivity index (χ3v) is 3.95. The summed E-state index contributed by atoms with van der Waals surface area (Å²) in [5.74, 6) is -0.566. The van der Waals surface area contributed by atoms with Crippen LogP contribution in [0.25, 0.3) is 0 Å². The average molecular weight is 299 g/mol. The van der Waals surface area contributed by atoms with E-state index >= 15 is 0 Å². The predicted octanol–water partition coefficient (Wildman–Crippen LogP) is 4.19. The van der Waals surface area contributed by atoms with Gasteiger partial charge in [0.2, 0.25) is 0 Å². The topological polar surface area (TPSA) is 17.1 Å². The van der Waals surface area contributed by atoms with Crippen LogP contribution < -0.4 is 0 Å². The van der Waals surface area contributed by atoms with Crippen molar-refractivity contribution in [2.24, 2.45) is 0 Å². The van der Waals surface area contributed by atoms with Crippen LogP contribution in [-0.4, -0.2) is 5.78 Å². The second kappa shape index (κ2) is 4.47. The number of carbonyl (C=O) groups is 1. The third-order valence-electron chi connectivity index (χ3n) is 2.30. The van der Waals surface area contributed by atoms with Crippen molar-refractivity contribution < 1.29 is 9.18 Å². The maximum atomic E-state index is 13.3. The van der Waals surface area contributed by atoms with Crippen LogP contribution in [0.15, 0.2) is 34.1 Å². The highest BCUT2D eigenvalue weighted by Gasteiger charge is 2.17. The van der Waals surface area contributed by atoms with Gasteiger partial charge in [-0.2, -0.15) is 0 Å². The first kappa shape index (κ1) is 11.5. The van der Waals surface area contributed by atoms with Crippen molar-refractivity contribution in [3.63, 3.8) is 0 Å². The lowest BCUT2D eigenvalue weighted by Crippen LogP contribution is -2.03. The van der Waals surface area contributed by atoms with Crippen LogP contribution in [0.4, 0.5) is 4.39 Å². The molecule has 4 heteroatoms. The van der Waals surface area contributed by atoms with Gasteiger partial charge < -0.3 is 0 Å². The Bertz CT molecular complexity index is 548. The molecule has 0 saturated heterocycles. The number of aryl methyl sites for hydroxylation is 1. The normalized spacial score (nSPS) is 10.4. The molecule has 0 spiro atoms. The Balaban J connectivity index is 2.50. The third kappa shape index (κ3) is 1.95. The minimum atomic E-state index is -0.418. The zero-order chi connectivity index (χ0) is 11.7. The number of halogens is 2. The number of thiophene rings is 1. The molecule has 0 bridgehead atoms. The van der Waals surface area contributed by atoms with Crippen LogP contribution >= 0.6 is 27.3 Å². The number of hydrogen-bond acceptors (Lipinski definition) is 2. The molecule has 0 saturated carbocycles. The minimum absolute atomic E-state index is 0.148. The Morgan fingerprint density at radius 3 is 2.69 bits per heavy atom. The van der Waals surface area contributed by atoms with Crippen LogP contribution in [0.3, 0.4) is 0 Å². The van der Waals surface area contributed by atoms with E-state index in [1.165, 1.54) is 23.5 Å². The highest BCUT2D eigenvalue weighted by atomic mass is 79.9. The van der Waals surface area contributed by atoms with Crippen molar-refractivity contribution in [2.45, 2.75) is 6.92 Å². The van der Waals surface area contributed by atoms with Gasteiger partial charge in [0.05, 0.1) is 4.47 Å². The molecule has 1 nitrogen and oxygen atoms in total. The van der Waals surface area contributed by atoms with Gasteiger partial charge in [-0.3, -0.25) is 4.79 Å². The summed E-state index contributed by atoms with van der Waals surface area (Å²) in [6, 6.07) is 6.24. The van der Waals surface area contributed by atoms with Crippen molar-refractivity contribution in [1.29, 1.82) is 0 Å². The molecule has 0 aliphatic rings. The Labute approximate surface area is 105 Å². The lowest BCUT2D eigenvalue weighted by molar-refractivity contribution is 0.103. The quantitative estimate of drug-likeness (QED) is 0.760. The minimum Gasteiger partial charge on any atom is -0.289 e. The second-order valence-electron chi connectivity index (χ2n) is 3.32. The largest absolute Gasteiger partial charge is 0.289 e. The van der Waals surface area contributed by atoms with E-state index in [2.05, 4.69) is 15.9 Å². The molecular weight excluding hydrogens is 291 g/mol. The van der Waals surface area contributed by atoms with E-state index in [1.54, 1.807) is 12.1 Å². The summed E-state index contributed by atoms with van der Waals surface area (Å²) in [7, 11) is 0. The van der Waals surface area contributed by atoms with Gasteiger partial charge in [0.15, 0.2) is 5.78 Å². The molecule has 16 heavy (non-hydrogen) atoms. The first-order valence-corrected chi connectivity index (χ1v) is 6.31. The van der Waals surface area contributed by atoms with Crippen molar-refractivity contribution in [1.82, 2.24) is 0 Å². The first-order chi connectivity index (χ1) is 7.61. The zero-order valence-electron chi connectivity index (χ0n) is 8.46. The second-order valence-corrected chi connectivity index (χ2v) is 5.23. The smallest absolute Gasteiger partial charge is 0.195 e. The number of ketones is 1. The number of benzene rings is 1. The molecule has 1 heterocycles. The van der Waals surface area contributed by atoms with E-state index in [0.717, 1.165) is 4.88 Å². The highest BCUT2D eigenvalue weighted by molar-refractivity contribution is 9.10. The van der Waals surface area contributed by atoms with Gasteiger partial charge in [-0.25, -0.2) is 4.39 Å². The summed E-state index contributed by atoms with van der Waals surface area (Å²) < 4.78 is 13.5. The van der Waals surface area contributed by atoms with E-state index in [9.17, 15) is 9.18 Å². The molecule has 1 aromatic carbocycles. The van der Waals surface area contributed by atoms with Crippen molar-refractivity contribution in [3.05, 3.63) is 55.9 Å². The average Bonchev–Trinajstić information content (AvgIpc) is 2.68. The predicted molar refractivity (Wildman–Crippen MR) is 66.6 cm³/mol. The summed E-state index contributed by atoms with van der Waals surface area (Å²) in [6.07, 6.45) is 0. The molecule has 2 aromatic rings. The molecule has 0 aliphatic carbocycles. The molecule has 0 fully saturated rings. The molecule has 0 atom stereocenters. The van der Waals surface area contributed by atoms with Crippen LogP contribution in [-0.2, 0) is 0 Å². The molecule has 0 amide bonds. The molecule has 0 aliphatic heterocycles. The van der Waals surface area contributed by atoms with Gasteiger partial charge >= 0.3 is 0 Å². The maximum absolute atomic E-state index is 13.3. The van der Waals surface area contributed by atoms with Crippen LogP contribution in [0.5, 0.6) is 0 Å². The van der Waals surface area contributed by atoms with Crippen LogP contribution in [0.2, 0.25) is 0 Å². The van der Waals surface area contributed by atoms with Gasteiger partial charge in [0, 0.05) is 16.0 Å². The van der Waals surface area contributed by atoms with E-state index in [-0.39, 0.29) is 10.3 Å². The van der Waals surface area contributed by atoms with E-state index in [1.807, 2.05) is 12.3 Å². The van der Waals surface area contributed by atoms with E-state index < -0.39 is 5.82 Å². The van der Waals surface area contributed by atoms with Gasteiger partial charge in [-0.15, -0.1) is 11.3 Å². The van der Waals surface area contributed by atoms with E-state index in [4.69, 9.17) is 0 Å². The Morgan fingerprint density at radius 1 is 1.31 bits per heavy atom. The van der Waals surface area contributed by atoms with Crippen molar-refractivity contribution in [3.8, 4) is 0 Å². The monoisotopic (exact) mass is 298 g/mol. The summed E-state index contributed by atoms with van der Waals surface area (Å²) in [5.41, 5.74) is 0.998. The van der Waals surface area contributed by atoms with Gasteiger partial charge in [-0.1, -0.05) is 6.07 Å². The summed E-state index contributed by atoms with van der Waals surface area (Å²) >= 11 is 4.61. The fourth-order valence-corrected chi connectivity index (χ4v) is 2.59. The van der Waals surface area contributed by atoms with Gasteiger partial charge in [-0.05, 0) is 46.4 Å². The standard InChI is InChI=1S/C12H8BrFOS/c1-7-8(5-6-16-7)12(15)9-3-2-4-10(14)11(9)13/h2-6H,1H3. The summed E-state index contributed by atoms with van der Waals surface area (Å²) in [4.78, 5) is 13.1. The number of rotatable bonds is 2. The maximum Gasteiger partial charge on any atom is 0.195 e. The Hall–Kier alpha value is -1.00. The first-order valence-electron chi connectivity index (χ1n) is 4.64. The molecule has 82 valence electrons. The van der Waals surface area contributed by atoms with Crippen LogP contribution in [0, 0.1) is 12.7 Å². The fourth-order valence-electron chi connectivity index (χ4n) is 1.44. The number of carbonyl (C=O) groups excluding carboxylic acids is 1. The fraction of sp³-hybridized carbons (Fsp3) is 0.0833. The highest BCUT2D eigenvalue weighted by Crippen LogP contribution is 2.25. The van der Waals surface area contributed by atoms with Gasteiger partial charge in [0.25, 0.3) is 0 Å². The lowest BCUT2D eigenvalue weighted by atomic mass is 10.0. The number of hydrogen-bond donors (Lipinski definition) is 0. The molecule has 0 unspecified atom stereocenters. The SMILES string of the molecule is Cc1sccc1C(=O)c1cccc(F)c1Br. The Morgan fingerprint density at radius 2 is 2.06 bits per heavy atom. The van der Waals surface area contributed by atoms with Crippen LogP contribution in [0.1, 0.15) is 20.8 Å². The zero-order valence-corrected chi connectivity index (χ0v) is 10.9. The lowest BCUT2D eigenvalue weighted by Gasteiger charge is -2.03. The molecular formula is C12H8BrFOS.